The van der Waals surface area contributed by atoms with Crippen molar-refractivity contribution < 1.29 is 4.79 Å². The highest BCUT2D eigenvalue weighted by molar-refractivity contribution is 6.06. The number of nitrogens with two attached hydrogens (primary N) is 1. The molecule has 0 unspecified atom stereocenters. The lowest BCUT2D eigenvalue weighted by molar-refractivity contribution is 0.0995. The van der Waals surface area contributed by atoms with Crippen molar-refractivity contribution in [2.24, 2.45) is 10.7 Å². The van der Waals surface area contributed by atoms with Crippen molar-refractivity contribution in [2.45, 2.75) is 0 Å². The molecule has 0 saturated carbocycles. The van der Waals surface area contributed by atoms with Crippen LogP contribution in [-0.4, -0.2) is 23.1 Å². The van der Waals surface area contributed by atoms with Crippen molar-refractivity contribution in [1.82, 2.24) is 4.98 Å². The van der Waals surface area contributed by atoms with Crippen molar-refractivity contribution in [3.05, 3.63) is 30.1 Å². The quantitative estimate of drug-likeness (QED) is 0.721. The average Bonchev–Trinajstić information content (AvgIpc) is 2.60. The molecule has 2 N–H and O–H groups in total. The Morgan fingerprint density at radius 3 is 3.13 bits per heavy atom. The minimum atomic E-state index is -0.529. The van der Waals surface area contributed by atoms with Gasteiger partial charge in [-0.25, -0.2) is 9.98 Å². The Balaban J connectivity index is 2.17. The maximum atomic E-state index is 10.9. The normalized spacial score (nSPS) is 16.3. The SMILES string of the molecule is NC(=O)c1ccc2c(n1)N=C1C=CN2C1. The molecule has 5 nitrogen and oxygen atoms in total. The Labute approximate surface area is 85.9 Å². The third kappa shape index (κ3) is 1.13. The molecule has 2 bridgehead atoms. The van der Waals surface area contributed by atoms with E-state index in [0.717, 1.165) is 17.9 Å². The first-order valence-corrected chi connectivity index (χ1v) is 4.57. The molecule has 15 heavy (non-hydrogen) atoms. The number of aromatic nitrogens is 1. The van der Waals surface area contributed by atoms with Crippen LogP contribution in [0.4, 0.5) is 11.5 Å². The van der Waals surface area contributed by atoms with Crippen molar-refractivity contribution in [3.63, 3.8) is 0 Å². The zero-order valence-corrected chi connectivity index (χ0v) is 7.84. The molecular weight excluding hydrogens is 192 g/mol. The molecule has 2 aliphatic rings. The maximum absolute atomic E-state index is 10.9. The number of hydrogen-bond donors (Lipinski definition) is 1. The van der Waals surface area contributed by atoms with Crippen LogP contribution in [-0.2, 0) is 0 Å². The molecule has 0 aromatic carbocycles. The van der Waals surface area contributed by atoms with Crippen LogP contribution >= 0.6 is 0 Å². The molecular formula is C10H8N4O. The second-order valence-corrected chi connectivity index (χ2v) is 3.45. The second-order valence-electron chi connectivity index (χ2n) is 3.45. The van der Waals surface area contributed by atoms with Crippen molar-refractivity contribution in [2.75, 3.05) is 11.4 Å². The van der Waals surface area contributed by atoms with E-state index in [9.17, 15) is 4.79 Å². The van der Waals surface area contributed by atoms with Crippen LogP contribution in [0.2, 0.25) is 0 Å². The number of carbonyl (C=O) groups is 1. The number of carbonyl (C=O) groups excluding carboxylic acids is 1. The summed E-state index contributed by atoms with van der Waals surface area (Å²) in [6, 6.07) is 3.44. The first kappa shape index (κ1) is 8.16. The average molecular weight is 200 g/mol. The fourth-order valence-electron chi connectivity index (χ4n) is 1.71. The molecule has 3 heterocycles. The predicted molar refractivity (Wildman–Crippen MR) is 56.3 cm³/mol. The topological polar surface area (TPSA) is 71.6 Å². The largest absolute Gasteiger partial charge is 0.364 e. The van der Waals surface area contributed by atoms with Gasteiger partial charge in [0, 0.05) is 6.20 Å². The van der Waals surface area contributed by atoms with Gasteiger partial charge < -0.3 is 10.6 Å². The molecule has 5 heteroatoms. The highest BCUT2D eigenvalue weighted by atomic mass is 16.1. The van der Waals surface area contributed by atoms with E-state index in [0.29, 0.717) is 5.82 Å². The first-order valence-electron chi connectivity index (χ1n) is 4.57. The van der Waals surface area contributed by atoms with E-state index in [1.807, 2.05) is 23.2 Å². The Kier molecular flexibility index (Phi) is 1.45. The van der Waals surface area contributed by atoms with E-state index in [4.69, 9.17) is 5.73 Å². The Morgan fingerprint density at radius 2 is 2.33 bits per heavy atom. The summed E-state index contributed by atoms with van der Waals surface area (Å²) in [7, 11) is 0. The number of rotatable bonds is 1. The van der Waals surface area contributed by atoms with Crippen LogP contribution < -0.4 is 10.6 Å². The predicted octanol–water partition coefficient (Wildman–Crippen LogP) is 0.600. The fraction of sp³-hybridized carbons (Fsp3) is 0.100. The van der Waals surface area contributed by atoms with Crippen LogP contribution in [0.5, 0.6) is 0 Å². The molecule has 0 spiro atoms. The van der Waals surface area contributed by atoms with Crippen LogP contribution in [0.3, 0.4) is 0 Å². The number of pyridine rings is 1. The minimum absolute atomic E-state index is 0.251. The van der Waals surface area contributed by atoms with Gasteiger partial charge in [0.15, 0.2) is 5.82 Å². The van der Waals surface area contributed by atoms with E-state index >= 15 is 0 Å². The summed E-state index contributed by atoms with van der Waals surface area (Å²) >= 11 is 0. The standard InChI is InChI=1S/C10H8N4O/c11-9(15)7-1-2-8-10(13-7)12-6-3-4-14(8)5-6/h1-4H,5H2,(H2,11,15). The lowest BCUT2D eigenvalue weighted by Gasteiger charge is -2.20. The molecule has 2 aliphatic heterocycles. The van der Waals surface area contributed by atoms with Gasteiger partial charge in [0.05, 0.1) is 17.9 Å². The summed E-state index contributed by atoms with van der Waals surface area (Å²) in [6.07, 6.45) is 3.89. The van der Waals surface area contributed by atoms with Gasteiger partial charge in [-0.3, -0.25) is 4.79 Å². The molecule has 0 aliphatic carbocycles. The van der Waals surface area contributed by atoms with Gasteiger partial charge in [-0.05, 0) is 18.2 Å². The molecule has 3 rings (SSSR count). The van der Waals surface area contributed by atoms with Crippen LogP contribution in [0.25, 0.3) is 0 Å². The summed E-state index contributed by atoms with van der Waals surface area (Å²) in [5, 5.41) is 0. The summed E-state index contributed by atoms with van der Waals surface area (Å²) in [5.41, 5.74) is 7.27. The summed E-state index contributed by atoms with van der Waals surface area (Å²) < 4.78 is 0. The van der Waals surface area contributed by atoms with E-state index in [-0.39, 0.29) is 5.69 Å². The van der Waals surface area contributed by atoms with E-state index in [1.165, 1.54) is 0 Å². The fourth-order valence-corrected chi connectivity index (χ4v) is 1.71. The minimum Gasteiger partial charge on any atom is -0.364 e. The number of hydrogen-bond acceptors (Lipinski definition) is 4. The Bertz CT molecular complexity index is 518. The van der Waals surface area contributed by atoms with E-state index in [1.54, 1.807) is 6.07 Å². The zero-order valence-electron chi connectivity index (χ0n) is 7.84. The van der Waals surface area contributed by atoms with Crippen LogP contribution in [0, 0.1) is 0 Å². The third-order valence-corrected chi connectivity index (χ3v) is 2.45. The second kappa shape index (κ2) is 2.66. The highest BCUT2D eigenvalue weighted by Gasteiger charge is 2.22. The van der Waals surface area contributed by atoms with Crippen LogP contribution in [0.15, 0.2) is 29.4 Å². The molecule has 0 radical (unpaired) electrons. The molecule has 1 aromatic rings. The number of fused-ring (bicyclic) bond motifs is 4. The van der Waals surface area contributed by atoms with E-state index < -0.39 is 5.91 Å². The van der Waals surface area contributed by atoms with E-state index in [2.05, 4.69) is 9.98 Å². The third-order valence-electron chi connectivity index (χ3n) is 2.45. The molecule has 1 amide bonds. The highest BCUT2D eigenvalue weighted by Crippen LogP contribution is 2.33. The Morgan fingerprint density at radius 1 is 1.47 bits per heavy atom. The monoisotopic (exact) mass is 200 g/mol. The molecule has 1 aromatic heterocycles. The van der Waals surface area contributed by atoms with Gasteiger partial charge >= 0.3 is 0 Å². The lowest BCUT2D eigenvalue weighted by Crippen LogP contribution is -2.21. The first-order chi connectivity index (χ1) is 7.24. The van der Waals surface area contributed by atoms with Gasteiger partial charge in [-0.1, -0.05) is 0 Å². The summed E-state index contributed by atoms with van der Waals surface area (Å²) in [4.78, 5) is 21.4. The zero-order chi connectivity index (χ0) is 10.4. The van der Waals surface area contributed by atoms with Crippen molar-refractivity contribution in [3.8, 4) is 0 Å². The van der Waals surface area contributed by atoms with Gasteiger partial charge in [-0.15, -0.1) is 0 Å². The number of anilines is 1. The van der Waals surface area contributed by atoms with Gasteiger partial charge in [-0.2, -0.15) is 0 Å². The molecule has 0 saturated heterocycles. The van der Waals surface area contributed by atoms with Crippen LogP contribution in [0.1, 0.15) is 10.5 Å². The number of aliphatic imine (C=N–C) groups is 1. The number of primary amides is 1. The molecule has 74 valence electrons. The van der Waals surface area contributed by atoms with Gasteiger partial charge in [0.2, 0.25) is 0 Å². The van der Waals surface area contributed by atoms with Gasteiger partial charge in [0.1, 0.15) is 5.69 Å². The van der Waals surface area contributed by atoms with Crippen molar-refractivity contribution >= 4 is 23.1 Å². The maximum Gasteiger partial charge on any atom is 0.267 e. The van der Waals surface area contributed by atoms with Crippen molar-refractivity contribution in [1.29, 1.82) is 0 Å². The van der Waals surface area contributed by atoms with Gasteiger partial charge in [0.25, 0.3) is 5.91 Å². The lowest BCUT2D eigenvalue weighted by atomic mass is 10.2. The smallest absolute Gasteiger partial charge is 0.267 e. The summed E-state index contributed by atoms with van der Waals surface area (Å²) in [5.74, 6) is 0.0384. The number of nitrogens with zero attached hydrogens (tertiary/aromatic N) is 3. The molecule has 0 atom stereocenters. The number of amides is 1. The Hall–Kier alpha value is -2.17. The summed E-state index contributed by atoms with van der Waals surface area (Å²) in [6.45, 7) is 0.782. The molecule has 0 fully saturated rings.